The minimum atomic E-state index is -1.23. The molecule has 10 heteroatoms. The smallest absolute Gasteiger partial charge is 0.356 e. The number of thiophene rings is 1. The highest BCUT2D eigenvalue weighted by Crippen LogP contribution is 2.39. The van der Waals surface area contributed by atoms with E-state index in [1.165, 1.54) is 29.9 Å². The van der Waals surface area contributed by atoms with Crippen molar-refractivity contribution in [3.8, 4) is 11.1 Å². The molecule has 1 unspecified atom stereocenters. The lowest BCUT2D eigenvalue weighted by molar-refractivity contribution is -0.123. The number of amides is 1. The molecule has 2 aromatic carbocycles. The van der Waals surface area contributed by atoms with Gasteiger partial charge in [0.1, 0.15) is 10.7 Å². The van der Waals surface area contributed by atoms with Gasteiger partial charge in [-0.2, -0.15) is 0 Å². The predicted octanol–water partition coefficient (Wildman–Crippen LogP) is 6.16. The number of aryl methyl sites for hydroxylation is 1. The molecule has 0 bridgehead atoms. The van der Waals surface area contributed by atoms with Crippen LogP contribution in [0.5, 0.6) is 0 Å². The Morgan fingerprint density at radius 2 is 1.71 bits per heavy atom. The quantitative estimate of drug-likeness (QED) is 0.258. The Labute approximate surface area is 245 Å². The van der Waals surface area contributed by atoms with Crippen LogP contribution in [-0.4, -0.2) is 35.1 Å². The third kappa shape index (κ3) is 5.52. The van der Waals surface area contributed by atoms with Crippen LogP contribution in [-0.2, 0) is 34.2 Å². The number of nitrogens with zero attached hydrogens (tertiary/aromatic N) is 1. The fourth-order valence-electron chi connectivity index (χ4n) is 5.17. The second-order valence-corrected chi connectivity index (χ2v) is 11.4. The van der Waals surface area contributed by atoms with Crippen molar-refractivity contribution >= 4 is 56.6 Å². The van der Waals surface area contributed by atoms with Gasteiger partial charge in [0.25, 0.3) is 11.5 Å². The minimum absolute atomic E-state index is 0.00877. The van der Waals surface area contributed by atoms with Crippen LogP contribution in [0.15, 0.2) is 53.3 Å². The van der Waals surface area contributed by atoms with Crippen molar-refractivity contribution in [3.05, 3.63) is 85.6 Å². The highest BCUT2D eigenvalue weighted by Gasteiger charge is 2.30. The van der Waals surface area contributed by atoms with Crippen LogP contribution in [0.2, 0.25) is 5.02 Å². The first-order valence-electron chi connectivity index (χ1n) is 13.4. The van der Waals surface area contributed by atoms with E-state index in [4.69, 9.17) is 21.1 Å². The molecule has 41 heavy (non-hydrogen) atoms. The number of hydrogen-bond donors (Lipinski definition) is 1. The van der Waals surface area contributed by atoms with E-state index < -0.39 is 23.9 Å². The average Bonchev–Trinajstić information content (AvgIpc) is 3.33. The standard InChI is InChI=1S/C31H29ClN2O6S/c1-4-39-30(37)25-22-11-7-8-12-23(22)41-28(25)33-27(35)17(2)40-31(38)26-24(18-13-15-19(32)16-14-18)20-9-5-6-10-21(20)29(36)34(26)3/h5-6,9-10,13-17H,4,7-8,11-12H2,1-3H3,(H,33,35). The van der Waals surface area contributed by atoms with Crippen molar-refractivity contribution < 1.29 is 23.9 Å². The van der Waals surface area contributed by atoms with E-state index in [1.54, 1.807) is 55.5 Å². The molecule has 0 saturated heterocycles. The molecule has 1 aliphatic rings. The number of aromatic nitrogens is 1. The number of anilines is 1. The molecule has 1 amide bonds. The van der Waals surface area contributed by atoms with Crippen molar-refractivity contribution in [3.63, 3.8) is 0 Å². The SMILES string of the molecule is CCOC(=O)c1c(NC(=O)C(C)OC(=O)c2c(-c3ccc(Cl)cc3)c3ccccc3c(=O)n2C)sc2c1CCCC2. The topological polar surface area (TPSA) is 104 Å². The first-order chi connectivity index (χ1) is 19.7. The van der Waals surface area contributed by atoms with Gasteiger partial charge in [-0.15, -0.1) is 11.3 Å². The summed E-state index contributed by atoms with van der Waals surface area (Å²) < 4.78 is 12.2. The van der Waals surface area contributed by atoms with E-state index in [2.05, 4.69) is 5.32 Å². The van der Waals surface area contributed by atoms with E-state index in [9.17, 15) is 19.2 Å². The maximum Gasteiger partial charge on any atom is 0.356 e. The number of ether oxygens (including phenoxy) is 2. The average molecular weight is 593 g/mol. The zero-order valence-corrected chi connectivity index (χ0v) is 24.5. The van der Waals surface area contributed by atoms with Gasteiger partial charge in [0, 0.05) is 27.9 Å². The number of pyridine rings is 1. The van der Waals surface area contributed by atoms with Gasteiger partial charge in [0.2, 0.25) is 0 Å². The molecule has 2 aromatic heterocycles. The number of carbonyl (C=O) groups excluding carboxylic acids is 3. The zero-order valence-electron chi connectivity index (χ0n) is 22.9. The molecule has 2 heterocycles. The van der Waals surface area contributed by atoms with Gasteiger partial charge in [-0.25, -0.2) is 9.59 Å². The number of benzene rings is 2. The normalized spacial score (nSPS) is 13.4. The molecular formula is C31H29ClN2O6S. The Morgan fingerprint density at radius 3 is 2.41 bits per heavy atom. The Kier molecular flexibility index (Phi) is 8.28. The Balaban J connectivity index is 1.48. The third-order valence-corrected chi connectivity index (χ3v) is 8.63. The molecule has 0 fully saturated rings. The number of halogens is 1. The number of esters is 2. The summed E-state index contributed by atoms with van der Waals surface area (Å²) in [6, 6.07) is 13.9. The molecule has 1 atom stereocenters. The lowest BCUT2D eigenvalue weighted by atomic mass is 9.95. The Morgan fingerprint density at radius 1 is 1.02 bits per heavy atom. The number of hydrogen-bond acceptors (Lipinski definition) is 7. The largest absolute Gasteiger partial charge is 0.462 e. The molecule has 0 radical (unpaired) electrons. The molecule has 0 aliphatic heterocycles. The number of fused-ring (bicyclic) bond motifs is 2. The van der Waals surface area contributed by atoms with Gasteiger partial charge in [0.05, 0.1) is 12.2 Å². The van der Waals surface area contributed by atoms with E-state index in [-0.39, 0.29) is 17.9 Å². The Bertz CT molecular complexity index is 1720. The van der Waals surface area contributed by atoms with E-state index in [0.29, 0.717) is 37.5 Å². The van der Waals surface area contributed by atoms with E-state index >= 15 is 0 Å². The second kappa shape index (κ2) is 11.9. The van der Waals surface area contributed by atoms with Crippen LogP contribution in [0, 0.1) is 0 Å². The number of nitrogens with one attached hydrogen (secondary N) is 1. The molecule has 1 N–H and O–H groups in total. The second-order valence-electron chi connectivity index (χ2n) is 9.81. The lowest BCUT2D eigenvalue weighted by Gasteiger charge is -2.19. The van der Waals surface area contributed by atoms with Crippen molar-refractivity contribution in [1.82, 2.24) is 4.57 Å². The molecule has 5 rings (SSSR count). The van der Waals surface area contributed by atoms with Crippen LogP contribution in [0.3, 0.4) is 0 Å². The summed E-state index contributed by atoms with van der Waals surface area (Å²) in [6.07, 6.45) is 2.31. The van der Waals surface area contributed by atoms with Crippen LogP contribution >= 0.6 is 22.9 Å². The Hall–Kier alpha value is -3.95. The summed E-state index contributed by atoms with van der Waals surface area (Å²) in [5.41, 5.74) is 2.08. The summed E-state index contributed by atoms with van der Waals surface area (Å²) in [5, 5.41) is 4.72. The highest BCUT2D eigenvalue weighted by atomic mass is 35.5. The van der Waals surface area contributed by atoms with Gasteiger partial charge in [-0.05, 0) is 74.2 Å². The van der Waals surface area contributed by atoms with Gasteiger partial charge in [-0.1, -0.05) is 41.9 Å². The fourth-order valence-corrected chi connectivity index (χ4v) is 6.58. The third-order valence-electron chi connectivity index (χ3n) is 7.17. The maximum atomic E-state index is 13.6. The summed E-state index contributed by atoms with van der Waals surface area (Å²) in [7, 11) is 1.50. The summed E-state index contributed by atoms with van der Waals surface area (Å²) in [4.78, 5) is 54.0. The van der Waals surface area contributed by atoms with Crippen molar-refractivity contribution in [2.24, 2.45) is 7.05 Å². The summed E-state index contributed by atoms with van der Waals surface area (Å²) in [6.45, 7) is 3.39. The molecule has 8 nitrogen and oxygen atoms in total. The molecule has 0 spiro atoms. The van der Waals surface area contributed by atoms with Crippen LogP contribution < -0.4 is 10.9 Å². The lowest BCUT2D eigenvalue weighted by Crippen LogP contribution is -2.33. The molecule has 212 valence electrons. The first kappa shape index (κ1) is 28.6. The predicted molar refractivity (Wildman–Crippen MR) is 160 cm³/mol. The van der Waals surface area contributed by atoms with Gasteiger partial charge in [-0.3, -0.25) is 9.59 Å². The summed E-state index contributed by atoms with van der Waals surface area (Å²) >= 11 is 7.46. The van der Waals surface area contributed by atoms with Gasteiger partial charge >= 0.3 is 11.9 Å². The fraction of sp³-hybridized carbons (Fsp3) is 0.290. The number of rotatable bonds is 7. The van der Waals surface area contributed by atoms with Crippen molar-refractivity contribution in [2.45, 2.75) is 45.6 Å². The van der Waals surface area contributed by atoms with Crippen molar-refractivity contribution in [2.75, 3.05) is 11.9 Å². The monoisotopic (exact) mass is 592 g/mol. The molecule has 4 aromatic rings. The van der Waals surface area contributed by atoms with Gasteiger partial charge < -0.3 is 19.4 Å². The van der Waals surface area contributed by atoms with Crippen LogP contribution in [0.1, 0.15) is 58.0 Å². The number of carbonyl (C=O) groups is 3. The van der Waals surface area contributed by atoms with Crippen LogP contribution in [0.25, 0.3) is 21.9 Å². The highest BCUT2D eigenvalue weighted by molar-refractivity contribution is 7.17. The van der Waals surface area contributed by atoms with E-state index in [1.807, 2.05) is 0 Å². The molecule has 1 aliphatic carbocycles. The minimum Gasteiger partial charge on any atom is -0.462 e. The van der Waals surface area contributed by atoms with Crippen molar-refractivity contribution in [1.29, 1.82) is 0 Å². The first-order valence-corrected chi connectivity index (χ1v) is 14.6. The van der Waals surface area contributed by atoms with Gasteiger partial charge in [0.15, 0.2) is 6.10 Å². The zero-order chi connectivity index (χ0) is 29.3. The molecule has 0 saturated carbocycles. The maximum absolute atomic E-state index is 13.6. The summed E-state index contributed by atoms with van der Waals surface area (Å²) in [5.74, 6) is -1.91. The molecular weight excluding hydrogens is 564 g/mol. The van der Waals surface area contributed by atoms with E-state index in [0.717, 1.165) is 36.1 Å². The van der Waals surface area contributed by atoms with Crippen LogP contribution in [0.4, 0.5) is 5.00 Å².